The van der Waals surface area contributed by atoms with Crippen LogP contribution in [0.2, 0.25) is 0 Å². The average Bonchev–Trinajstić information content (AvgIpc) is 2.29. The van der Waals surface area contributed by atoms with Gasteiger partial charge in [-0.05, 0) is 18.3 Å². The van der Waals surface area contributed by atoms with E-state index in [9.17, 15) is 0 Å². The van der Waals surface area contributed by atoms with Gasteiger partial charge in [-0.1, -0.05) is 0 Å². The molecule has 12 heavy (non-hydrogen) atoms. The van der Waals surface area contributed by atoms with E-state index < -0.39 is 0 Å². The molecule has 5 heteroatoms. The van der Waals surface area contributed by atoms with E-state index in [-0.39, 0.29) is 10.6 Å². The van der Waals surface area contributed by atoms with Crippen LogP contribution in [0, 0.1) is 4.84 Å². The summed E-state index contributed by atoms with van der Waals surface area (Å²) in [5, 5.41) is 9.16. The van der Waals surface area contributed by atoms with Crippen LogP contribution in [0.1, 0.15) is 0 Å². The Bertz CT molecular complexity index is 486. The minimum atomic E-state index is 0.116. The van der Waals surface area contributed by atoms with Gasteiger partial charge in [-0.15, -0.1) is 12.6 Å². The van der Waals surface area contributed by atoms with Gasteiger partial charge in [0.05, 0.1) is 5.52 Å². The Labute approximate surface area is 78.4 Å². The van der Waals surface area contributed by atoms with E-state index in [1.54, 1.807) is 0 Å². The number of aromatic amines is 1. The number of fused-ring (bicyclic) bond motifs is 1. The molecule has 62 valence electrons. The molecule has 3 nitrogen and oxygen atoms in total. The van der Waals surface area contributed by atoms with E-state index in [2.05, 4.69) is 17.6 Å². The van der Waals surface area contributed by atoms with E-state index in [4.69, 9.17) is 21.7 Å². The summed E-state index contributed by atoms with van der Waals surface area (Å²) in [5.74, 6) is 0.116. The lowest BCUT2D eigenvalue weighted by atomic mass is 10.3. The third kappa shape index (κ3) is 1.11. The first-order chi connectivity index (χ1) is 5.66. The lowest BCUT2D eigenvalue weighted by Gasteiger charge is -1.93. The van der Waals surface area contributed by atoms with Gasteiger partial charge in [0.1, 0.15) is 5.75 Å². The number of thiol groups is 1. The number of phenols is 1. The maximum Gasteiger partial charge on any atom is 0.266 e. The minimum absolute atomic E-state index is 0.116. The van der Waals surface area contributed by atoms with Crippen molar-refractivity contribution < 1.29 is 9.52 Å². The van der Waals surface area contributed by atoms with Crippen LogP contribution in [0.25, 0.3) is 11.1 Å². The number of rotatable bonds is 0. The number of benzene rings is 1. The summed E-state index contributed by atoms with van der Waals surface area (Å²) in [5.41, 5.74) is 1.23. The molecular formula is C7H5NO2S2. The van der Waals surface area contributed by atoms with E-state index in [1.165, 1.54) is 12.1 Å². The second-order valence-electron chi connectivity index (χ2n) is 2.35. The van der Waals surface area contributed by atoms with E-state index in [0.717, 1.165) is 0 Å². The molecule has 0 unspecified atom stereocenters. The number of H-pyrrole nitrogens is 1. The number of oxazole rings is 1. The average molecular weight is 199 g/mol. The minimum Gasteiger partial charge on any atom is -0.508 e. The molecule has 2 aromatic rings. The number of nitrogens with one attached hydrogen (secondary N) is 1. The van der Waals surface area contributed by atoms with Crippen LogP contribution in [0.3, 0.4) is 0 Å². The van der Waals surface area contributed by atoms with Gasteiger partial charge in [-0.2, -0.15) is 0 Å². The zero-order valence-electron chi connectivity index (χ0n) is 5.87. The summed E-state index contributed by atoms with van der Waals surface area (Å²) in [6, 6.07) is 3.01. The fourth-order valence-corrected chi connectivity index (χ4v) is 1.51. The van der Waals surface area contributed by atoms with Crippen LogP contribution in [-0.4, -0.2) is 10.1 Å². The number of phenolic OH excluding ortho intramolecular Hbond substituents is 1. The first-order valence-electron chi connectivity index (χ1n) is 3.21. The molecule has 0 aliphatic heterocycles. The van der Waals surface area contributed by atoms with Gasteiger partial charge in [0.15, 0.2) is 5.58 Å². The summed E-state index contributed by atoms with van der Waals surface area (Å²) < 4.78 is 5.08. The van der Waals surface area contributed by atoms with Gasteiger partial charge < -0.3 is 14.5 Å². The molecule has 0 aliphatic rings. The molecule has 0 atom stereocenters. The Morgan fingerprint density at radius 2 is 2.25 bits per heavy atom. The monoisotopic (exact) mass is 199 g/mol. The molecule has 0 spiro atoms. The molecular weight excluding hydrogens is 194 g/mol. The van der Waals surface area contributed by atoms with Crippen LogP contribution in [-0.2, 0) is 0 Å². The molecule has 0 saturated carbocycles. The maximum atomic E-state index is 9.16. The zero-order chi connectivity index (χ0) is 8.72. The lowest BCUT2D eigenvalue weighted by molar-refractivity contribution is 0.473. The van der Waals surface area contributed by atoms with Crippen LogP contribution in [0.5, 0.6) is 5.75 Å². The van der Waals surface area contributed by atoms with Crippen molar-refractivity contribution in [2.24, 2.45) is 0 Å². The van der Waals surface area contributed by atoms with Gasteiger partial charge in [-0.25, -0.2) is 0 Å². The Morgan fingerprint density at radius 3 is 3.00 bits per heavy atom. The number of hydrogen-bond acceptors (Lipinski definition) is 4. The third-order valence-electron chi connectivity index (χ3n) is 1.50. The summed E-state index contributed by atoms with van der Waals surface area (Å²) in [6.07, 6.45) is 0. The highest BCUT2D eigenvalue weighted by Gasteiger charge is 2.04. The van der Waals surface area contributed by atoms with E-state index >= 15 is 0 Å². The fraction of sp³-hybridized carbons (Fsp3) is 0. The summed E-state index contributed by atoms with van der Waals surface area (Å²) in [4.78, 5) is 3.71. The molecule has 0 aliphatic carbocycles. The molecule has 2 N–H and O–H groups in total. The molecule has 0 radical (unpaired) electrons. The summed E-state index contributed by atoms with van der Waals surface area (Å²) in [6.45, 7) is 0. The first kappa shape index (κ1) is 7.70. The van der Waals surface area contributed by atoms with Crippen LogP contribution in [0.15, 0.2) is 21.4 Å². The van der Waals surface area contributed by atoms with Gasteiger partial charge in [0.25, 0.3) is 4.84 Å². The second kappa shape index (κ2) is 2.53. The first-order valence-corrected chi connectivity index (χ1v) is 4.07. The largest absolute Gasteiger partial charge is 0.508 e. The second-order valence-corrected chi connectivity index (χ2v) is 3.21. The smallest absolute Gasteiger partial charge is 0.266 e. The van der Waals surface area contributed by atoms with Crippen molar-refractivity contribution in [2.75, 3.05) is 0 Å². The summed E-state index contributed by atoms with van der Waals surface area (Å²) in [7, 11) is 0. The highest BCUT2D eigenvalue weighted by atomic mass is 32.1. The lowest BCUT2D eigenvalue weighted by Crippen LogP contribution is -1.71. The Kier molecular flexibility index (Phi) is 1.62. The highest BCUT2D eigenvalue weighted by molar-refractivity contribution is 7.80. The van der Waals surface area contributed by atoms with Crippen molar-refractivity contribution in [3.05, 3.63) is 17.0 Å². The van der Waals surface area contributed by atoms with Gasteiger partial charge in [0.2, 0.25) is 0 Å². The molecule has 0 bridgehead atoms. The van der Waals surface area contributed by atoms with E-state index in [0.29, 0.717) is 16.0 Å². The molecule has 0 amide bonds. The SMILES string of the molecule is Oc1cc(S)c2[nH]c(=S)oc2c1. The van der Waals surface area contributed by atoms with Crippen LogP contribution < -0.4 is 0 Å². The highest BCUT2D eigenvalue weighted by Crippen LogP contribution is 2.26. The molecule has 0 fully saturated rings. The van der Waals surface area contributed by atoms with Crippen LogP contribution >= 0.6 is 24.8 Å². The van der Waals surface area contributed by atoms with Crippen molar-refractivity contribution in [3.63, 3.8) is 0 Å². The topological polar surface area (TPSA) is 49.2 Å². The van der Waals surface area contributed by atoms with Crippen molar-refractivity contribution in [1.82, 2.24) is 4.98 Å². The maximum absolute atomic E-state index is 9.16. The van der Waals surface area contributed by atoms with Crippen molar-refractivity contribution >= 4 is 35.9 Å². The zero-order valence-corrected chi connectivity index (χ0v) is 7.58. The predicted octanol–water partition coefficient (Wildman–Crippen LogP) is 2.48. The van der Waals surface area contributed by atoms with Crippen LogP contribution in [0.4, 0.5) is 0 Å². The molecule has 1 aromatic carbocycles. The molecule has 0 saturated heterocycles. The van der Waals surface area contributed by atoms with Crippen molar-refractivity contribution in [1.29, 1.82) is 0 Å². The Balaban J connectivity index is 2.97. The third-order valence-corrected chi connectivity index (χ3v) is 2.03. The molecule has 1 heterocycles. The summed E-state index contributed by atoms with van der Waals surface area (Å²) >= 11 is 8.91. The fourth-order valence-electron chi connectivity index (χ4n) is 1.02. The Hall–Kier alpha value is -0.940. The van der Waals surface area contributed by atoms with Gasteiger partial charge in [-0.3, -0.25) is 0 Å². The van der Waals surface area contributed by atoms with Gasteiger partial charge in [0, 0.05) is 11.0 Å². The Morgan fingerprint density at radius 1 is 1.50 bits per heavy atom. The van der Waals surface area contributed by atoms with Crippen molar-refractivity contribution in [3.8, 4) is 5.75 Å². The quantitative estimate of drug-likeness (QED) is 0.451. The molecule has 2 rings (SSSR count). The normalized spacial score (nSPS) is 10.8. The van der Waals surface area contributed by atoms with Gasteiger partial charge >= 0.3 is 0 Å². The number of aromatic nitrogens is 1. The van der Waals surface area contributed by atoms with E-state index in [1.807, 2.05) is 0 Å². The standard InChI is InChI=1S/C7H5NO2S2/c9-3-1-4-6(5(11)2-3)8-7(12)10-4/h1-2,9,11H,(H,8,12). The number of hydrogen-bond donors (Lipinski definition) is 3. The molecule has 1 aromatic heterocycles. The van der Waals surface area contributed by atoms with Crippen molar-refractivity contribution in [2.45, 2.75) is 4.90 Å². The predicted molar refractivity (Wildman–Crippen MR) is 50.3 cm³/mol. The number of aromatic hydroxyl groups is 1.